The number of fused-ring (bicyclic) bond motifs is 2. The van der Waals surface area contributed by atoms with E-state index in [1.807, 2.05) is 20.8 Å². The predicted octanol–water partition coefficient (Wildman–Crippen LogP) is 4.61. The van der Waals surface area contributed by atoms with E-state index in [-0.39, 0.29) is 11.5 Å². The molecule has 0 amide bonds. The number of nitriles is 1. The summed E-state index contributed by atoms with van der Waals surface area (Å²) in [5, 5.41) is 15.1. The zero-order valence-corrected chi connectivity index (χ0v) is 26.9. The van der Waals surface area contributed by atoms with Gasteiger partial charge in [0.2, 0.25) is 5.60 Å². The van der Waals surface area contributed by atoms with Crippen LogP contribution in [0.1, 0.15) is 93.7 Å². The largest absolute Gasteiger partial charge is 0.509 e. The molecule has 1 aliphatic carbocycles. The van der Waals surface area contributed by atoms with Gasteiger partial charge in [0.25, 0.3) is 0 Å². The Hall–Kier alpha value is -3.92. The second kappa shape index (κ2) is 11.2. The van der Waals surface area contributed by atoms with E-state index in [0.29, 0.717) is 24.8 Å². The summed E-state index contributed by atoms with van der Waals surface area (Å²) in [5.41, 5.74) is 0.539. The molecule has 1 aliphatic heterocycles. The fraction of sp³-hybridized carbons (Fsp3) is 0.677. The lowest BCUT2D eigenvalue weighted by Gasteiger charge is -2.36. The van der Waals surface area contributed by atoms with Crippen molar-refractivity contribution in [3.63, 3.8) is 0 Å². The van der Waals surface area contributed by atoms with Gasteiger partial charge in [-0.1, -0.05) is 20.8 Å². The van der Waals surface area contributed by atoms with Crippen molar-refractivity contribution in [3.8, 4) is 6.07 Å². The molecular weight excluding hydrogens is 570 g/mol. The van der Waals surface area contributed by atoms with Crippen LogP contribution < -0.4 is 5.73 Å². The van der Waals surface area contributed by atoms with Crippen molar-refractivity contribution in [2.24, 2.45) is 11.3 Å². The van der Waals surface area contributed by atoms with Gasteiger partial charge >= 0.3 is 18.1 Å². The van der Waals surface area contributed by atoms with Crippen LogP contribution in [0.25, 0.3) is 5.52 Å². The second-order valence-corrected chi connectivity index (χ2v) is 13.4. The fourth-order valence-corrected chi connectivity index (χ4v) is 5.21. The number of esters is 2. The zero-order valence-electron chi connectivity index (χ0n) is 26.9. The average molecular weight is 614 g/mol. The van der Waals surface area contributed by atoms with Crippen LogP contribution in [-0.4, -0.2) is 61.7 Å². The van der Waals surface area contributed by atoms with Gasteiger partial charge in [-0.2, -0.15) is 10.4 Å². The molecule has 44 heavy (non-hydrogen) atoms. The van der Waals surface area contributed by atoms with Gasteiger partial charge in [0.15, 0.2) is 17.5 Å². The van der Waals surface area contributed by atoms with Gasteiger partial charge < -0.3 is 29.4 Å². The van der Waals surface area contributed by atoms with Gasteiger partial charge in [-0.15, -0.1) is 0 Å². The molecule has 2 aromatic heterocycles. The monoisotopic (exact) mass is 613 g/mol. The van der Waals surface area contributed by atoms with Gasteiger partial charge in [-0.05, 0) is 72.9 Å². The smallest absolute Gasteiger partial charge is 0.460 e. The zero-order chi connectivity index (χ0) is 32.9. The lowest BCUT2D eigenvalue weighted by Crippen LogP contribution is -2.48. The quantitative estimate of drug-likeness (QED) is 0.275. The number of hydrogen-bond donors (Lipinski definition) is 1. The van der Waals surface area contributed by atoms with Gasteiger partial charge in [-0.3, -0.25) is 9.59 Å². The minimum absolute atomic E-state index is 0.163. The highest BCUT2D eigenvalue weighted by molar-refractivity contribution is 5.78. The van der Waals surface area contributed by atoms with Crippen LogP contribution in [0.5, 0.6) is 0 Å². The highest BCUT2D eigenvalue weighted by atomic mass is 16.8. The molecule has 2 fully saturated rings. The van der Waals surface area contributed by atoms with Gasteiger partial charge in [-0.25, -0.2) is 14.3 Å². The first kappa shape index (κ1) is 33.0. The first-order chi connectivity index (χ1) is 20.4. The number of rotatable bonds is 11. The average Bonchev–Trinajstić information content (AvgIpc) is 3.23. The number of carbonyl (C=O) groups is 3. The Morgan fingerprint density at radius 3 is 2.27 bits per heavy atom. The lowest BCUT2D eigenvalue weighted by molar-refractivity contribution is -0.176. The van der Waals surface area contributed by atoms with Gasteiger partial charge in [0.1, 0.15) is 35.2 Å². The molecule has 0 spiro atoms. The first-order valence-electron chi connectivity index (χ1n) is 15.0. The van der Waals surface area contributed by atoms with Crippen molar-refractivity contribution in [2.75, 3.05) is 5.73 Å². The SMILES string of the molecule is CCC(C)(C)OC(=O)C[C@@H]1[C@@]2(OC(=O)C(C)(C)CC)C(OC(=O)OC(C)(C)CC)[C@H]2O[C@@]1(C#N)c1ccc2c(N)ncnn12. The maximum Gasteiger partial charge on any atom is 0.509 e. The van der Waals surface area contributed by atoms with E-state index in [0.717, 1.165) is 0 Å². The van der Waals surface area contributed by atoms with Crippen molar-refractivity contribution in [1.82, 2.24) is 14.6 Å². The summed E-state index contributed by atoms with van der Waals surface area (Å²) in [7, 11) is 0. The third-order valence-electron chi connectivity index (χ3n) is 9.18. The molecule has 5 atom stereocenters. The summed E-state index contributed by atoms with van der Waals surface area (Å²) in [4.78, 5) is 44.2. The Bertz CT molecular complexity index is 1490. The summed E-state index contributed by atoms with van der Waals surface area (Å²) in [6.07, 6.45) is -0.945. The number of ether oxygens (including phenoxy) is 5. The Morgan fingerprint density at radius 1 is 1.05 bits per heavy atom. The lowest BCUT2D eigenvalue weighted by atomic mass is 9.78. The molecule has 1 saturated carbocycles. The fourth-order valence-electron chi connectivity index (χ4n) is 5.21. The minimum atomic E-state index is -1.89. The van der Waals surface area contributed by atoms with E-state index < -0.39 is 70.5 Å². The van der Waals surface area contributed by atoms with Crippen LogP contribution in [0.4, 0.5) is 10.6 Å². The molecule has 4 rings (SSSR count). The van der Waals surface area contributed by atoms with E-state index in [9.17, 15) is 19.6 Å². The van der Waals surface area contributed by atoms with Crippen LogP contribution >= 0.6 is 0 Å². The Morgan fingerprint density at radius 2 is 1.68 bits per heavy atom. The number of hydrogen-bond acceptors (Lipinski definition) is 12. The molecule has 0 bridgehead atoms. The molecule has 1 saturated heterocycles. The molecule has 3 heterocycles. The molecule has 2 aromatic rings. The van der Waals surface area contributed by atoms with Gasteiger partial charge in [0.05, 0.1) is 23.4 Å². The van der Waals surface area contributed by atoms with E-state index in [2.05, 4.69) is 16.2 Å². The summed E-state index contributed by atoms with van der Waals surface area (Å²) >= 11 is 0. The van der Waals surface area contributed by atoms with E-state index in [1.165, 1.54) is 10.8 Å². The molecule has 13 nitrogen and oxygen atoms in total. The van der Waals surface area contributed by atoms with E-state index in [1.54, 1.807) is 53.7 Å². The third kappa shape index (κ3) is 5.56. The van der Waals surface area contributed by atoms with Crippen LogP contribution in [-0.2, 0) is 38.9 Å². The van der Waals surface area contributed by atoms with Crippen molar-refractivity contribution >= 4 is 29.4 Å². The predicted molar refractivity (Wildman–Crippen MR) is 157 cm³/mol. The van der Waals surface area contributed by atoms with Crippen LogP contribution in [0.3, 0.4) is 0 Å². The van der Waals surface area contributed by atoms with Gasteiger partial charge in [0, 0.05) is 0 Å². The highest BCUT2D eigenvalue weighted by Gasteiger charge is 2.87. The molecule has 0 aromatic carbocycles. The standard InChI is InChI=1S/C31H43N5O8/c1-10-27(4,5)25(38)43-31-19(15-21(37)41-28(6,7)11-2)30(16-32,20-14-13-18-24(33)34-17-35-36(18)20)42-23(31)22(31)40-26(39)44-29(8,9)12-3/h13-14,17,19,22-23H,10-12,15H2,1-9H3,(H2,33,34,35)/t19-,22?,23+,30+,31+/m0/s1. The normalized spacial score (nSPS) is 26.4. The molecule has 2 aliphatic rings. The highest BCUT2D eigenvalue weighted by Crippen LogP contribution is 2.66. The topological polar surface area (TPSA) is 177 Å². The number of carbonyl (C=O) groups excluding carboxylic acids is 3. The van der Waals surface area contributed by atoms with Crippen molar-refractivity contribution < 1.29 is 38.1 Å². The second-order valence-electron chi connectivity index (χ2n) is 13.4. The third-order valence-corrected chi connectivity index (χ3v) is 9.18. The molecule has 2 N–H and O–H groups in total. The number of anilines is 1. The maximum absolute atomic E-state index is 13.6. The van der Waals surface area contributed by atoms with Crippen molar-refractivity contribution in [3.05, 3.63) is 24.2 Å². The first-order valence-corrected chi connectivity index (χ1v) is 15.0. The molecule has 240 valence electrons. The van der Waals surface area contributed by atoms with Crippen molar-refractivity contribution in [1.29, 1.82) is 5.26 Å². The molecular formula is C31H43N5O8. The van der Waals surface area contributed by atoms with E-state index in [4.69, 9.17) is 29.4 Å². The molecule has 1 unspecified atom stereocenters. The number of nitrogens with two attached hydrogens (primary N) is 1. The van der Waals surface area contributed by atoms with E-state index >= 15 is 0 Å². The summed E-state index contributed by atoms with van der Waals surface area (Å²) < 4.78 is 31.1. The number of nitrogen functional groups attached to an aromatic ring is 1. The minimum Gasteiger partial charge on any atom is -0.460 e. The van der Waals surface area contributed by atoms with Crippen molar-refractivity contribution in [2.45, 2.75) is 123 Å². The maximum atomic E-state index is 13.6. The van der Waals surface area contributed by atoms with Crippen LogP contribution in [0, 0.1) is 22.7 Å². The summed E-state index contributed by atoms with van der Waals surface area (Å²) in [6, 6.07) is 5.47. The molecule has 0 radical (unpaired) electrons. The van der Waals surface area contributed by atoms with Crippen LogP contribution in [0.2, 0.25) is 0 Å². The Balaban J connectivity index is 1.86. The number of nitrogens with zero attached hydrogens (tertiary/aromatic N) is 4. The number of aromatic nitrogens is 3. The Kier molecular flexibility index (Phi) is 8.41. The summed E-state index contributed by atoms with van der Waals surface area (Å²) in [5.74, 6) is -2.27. The van der Waals surface area contributed by atoms with Crippen LogP contribution in [0.15, 0.2) is 18.5 Å². The summed E-state index contributed by atoms with van der Waals surface area (Å²) in [6.45, 7) is 16.0. The molecule has 13 heteroatoms. The Labute approximate surface area is 257 Å².